The molecule has 2 nitrogen and oxygen atoms in total. The Morgan fingerprint density at radius 2 is 1.86 bits per heavy atom. The monoisotopic (exact) mass is 309 g/mol. The molecule has 2 fully saturated rings. The lowest BCUT2D eigenvalue weighted by atomic mass is 9.67. The van der Waals surface area contributed by atoms with Gasteiger partial charge in [-0.25, -0.2) is 0 Å². The van der Waals surface area contributed by atoms with Crippen molar-refractivity contribution >= 4 is 10.8 Å². The number of rotatable bonds is 5. The third-order valence-corrected chi connectivity index (χ3v) is 8.18. The van der Waals surface area contributed by atoms with Crippen molar-refractivity contribution in [2.75, 3.05) is 5.75 Å². The van der Waals surface area contributed by atoms with Gasteiger partial charge in [-0.3, -0.25) is 4.21 Å². The fraction of sp³-hybridized carbons (Fsp3) is 0.944. The molecule has 0 aromatic heterocycles. The van der Waals surface area contributed by atoms with E-state index in [1.807, 2.05) is 0 Å². The Morgan fingerprint density at radius 3 is 2.43 bits per heavy atom. The van der Waals surface area contributed by atoms with E-state index in [0.717, 1.165) is 31.4 Å². The van der Waals surface area contributed by atoms with Gasteiger partial charge < -0.3 is 0 Å². The zero-order valence-corrected chi connectivity index (χ0v) is 14.8. The van der Waals surface area contributed by atoms with Crippen molar-refractivity contribution < 1.29 is 4.21 Å². The van der Waals surface area contributed by atoms with Gasteiger partial charge in [-0.15, -0.1) is 0 Å². The molecule has 120 valence electrons. The zero-order valence-electron chi connectivity index (χ0n) is 13.9. The second-order valence-electron chi connectivity index (χ2n) is 7.82. The van der Waals surface area contributed by atoms with E-state index in [9.17, 15) is 9.47 Å². The second-order valence-corrected chi connectivity index (χ2v) is 9.52. The number of hydrogen-bond donors (Lipinski definition) is 0. The van der Waals surface area contributed by atoms with Crippen LogP contribution in [-0.4, -0.2) is 15.2 Å². The van der Waals surface area contributed by atoms with Crippen molar-refractivity contribution in [1.82, 2.24) is 0 Å². The number of nitrogens with zero attached hydrogens (tertiary/aromatic N) is 1. The molecular formula is C18H31NOS. The fourth-order valence-electron chi connectivity index (χ4n) is 4.10. The van der Waals surface area contributed by atoms with E-state index in [1.54, 1.807) is 0 Å². The van der Waals surface area contributed by atoms with Gasteiger partial charge in [0.2, 0.25) is 0 Å². The van der Waals surface area contributed by atoms with Gasteiger partial charge >= 0.3 is 0 Å². The topological polar surface area (TPSA) is 40.9 Å². The maximum absolute atomic E-state index is 12.8. The first-order chi connectivity index (χ1) is 9.97. The van der Waals surface area contributed by atoms with Crippen LogP contribution in [-0.2, 0) is 10.8 Å². The smallest absolute Gasteiger partial charge is 0.0668 e. The van der Waals surface area contributed by atoms with Crippen LogP contribution < -0.4 is 0 Å². The lowest BCUT2D eigenvalue weighted by molar-refractivity contribution is 0.143. The van der Waals surface area contributed by atoms with Crippen LogP contribution in [0.5, 0.6) is 0 Å². The van der Waals surface area contributed by atoms with Gasteiger partial charge in [0.1, 0.15) is 0 Å². The summed E-state index contributed by atoms with van der Waals surface area (Å²) in [7, 11) is -0.806. The second kappa shape index (κ2) is 7.27. The third-order valence-electron chi connectivity index (χ3n) is 6.19. The van der Waals surface area contributed by atoms with Gasteiger partial charge in [-0.2, -0.15) is 5.26 Å². The maximum Gasteiger partial charge on any atom is 0.0668 e. The molecule has 2 rings (SSSR count). The summed E-state index contributed by atoms with van der Waals surface area (Å²) in [4.78, 5) is 0. The third kappa shape index (κ3) is 4.09. The fourth-order valence-corrected chi connectivity index (χ4v) is 6.15. The van der Waals surface area contributed by atoms with Crippen molar-refractivity contribution in [1.29, 1.82) is 5.26 Å². The largest absolute Gasteiger partial charge is 0.259 e. The Hall–Kier alpha value is -0.360. The molecule has 0 saturated heterocycles. The van der Waals surface area contributed by atoms with E-state index in [2.05, 4.69) is 26.8 Å². The average Bonchev–Trinajstić information content (AvgIpc) is 2.99. The summed E-state index contributed by atoms with van der Waals surface area (Å²) in [5.74, 6) is 2.16. The average molecular weight is 310 g/mol. The van der Waals surface area contributed by atoms with Crippen LogP contribution in [0.2, 0.25) is 0 Å². The van der Waals surface area contributed by atoms with E-state index in [-0.39, 0.29) is 11.2 Å². The SMILES string of the molecule is CCC(C)(C)C1CCC(C#N)C(S(=O)CC2CCCC2)C1. The van der Waals surface area contributed by atoms with Gasteiger partial charge in [0.25, 0.3) is 0 Å². The molecule has 21 heavy (non-hydrogen) atoms. The van der Waals surface area contributed by atoms with Crippen LogP contribution in [0, 0.1) is 34.5 Å². The lowest BCUT2D eigenvalue weighted by Gasteiger charge is -2.41. The van der Waals surface area contributed by atoms with Crippen LogP contribution in [0.1, 0.15) is 72.1 Å². The van der Waals surface area contributed by atoms with Crippen molar-refractivity contribution in [3.63, 3.8) is 0 Å². The highest BCUT2D eigenvalue weighted by molar-refractivity contribution is 7.85. The Kier molecular flexibility index (Phi) is 5.88. The normalized spacial score (nSPS) is 32.8. The van der Waals surface area contributed by atoms with Crippen molar-refractivity contribution in [3.8, 4) is 6.07 Å². The molecule has 0 amide bonds. The van der Waals surface area contributed by atoms with Gasteiger partial charge in [0.15, 0.2) is 0 Å². The summed E-state index contributed by atoms with van der Waals surface area (Å²) >= 11 is 0. The molecule has 4 unspecified atom stereocenters. The van der Waals surface area contributed by atoms with Crippen LogP contribution in [0.3, 0.4) is 0 Å². The van der Waals surface area contributed by atoms with Gasteiger partial charge in [-0.1, -0.05) is 40.0 Å². The van der Waals surface area contributed by atoms with Gasteiger partial charge in [0.05, 0.1) is 17.2 Å². The molecule has 2 saturated carbocycles. The molecule has 0 bridgehead atoms. The minimum atomic E-state index is -0.806. The Morgan fingerprint density at radius 1 is 1.19 bits per heavy atom. The van der Waals surface area contributed by atoms with Crippen LogP contribution in [0.25, 0.3) is 0 Å². The molecular weight excluding hydrogens is 278 g/mol. The first-order valence-corrected chi connectivity index (χ1v) is 10.1. The highest BCUT2D eigenvalue weighted by Gasteiger charge is 2.40. The van der Waals surface area contributed by atoms with Crippen LogP contribution in [0.4, 0.5) is 0 Å². The Labute approximate surface area is 133 Å². The molecule has 0 N–H and O–H groups in total. The van der Waals surface area contributed by atoms with Crippen molar-refractivity contribution in [2.24, 2.45) is 23.2 Å². The summed E-state index contributed by atoms with van der Waals surface area (Å²) in [5, 5.41) is 9.56. The lowest BCUT2D eigenvalue weighted by Crippen LogP contribution is -2.39. The first-order valence-electron chi connectivity index (χ1n) is 8.74. The van der Waals surface area contributed by atoms with E-state index < -0.39 is 10.8 Å². The minimum absolute atomic E-state index is 0.0242. The molecule has 0 aliphatic heterocycles. The number of nitriles is 1. The maximum atomic E-state index is 12.8. The first kappa shape index (κ1) is 17.0. The molecule has 0 aromatic carbocycles. The quantitative estimate of drug-likeness (QED) is 0.740. The van der Waals surface area contributed by atoms with E-state index in [1.165, 1.54) is 25.7 Å². The summed E-state index contributed by atoms with van der Waals surface area (Å²) in [6.45, 7) is 6.92. The molecule has 4 atom stereocenters. The predicted molar refractivity (Wildman–Crippen MR) is 89.3 cm³/mol. The summed E-state index contributed by atoms with van der Waals surface area (Å²) in [5.41, 5.74) is 0.316. The Bertz CT molecular complexity index is 406. The van der Waals surface area contributed by atoms with Gasteiger partial charge in [-0.05, 0) is 49.4 Å². The van der Waals surface area contributed by atoms with Crippen LogP contribution >= 0.6 is 0 Å². The zero-order chi connectivity index (χ0) is 15.5. The molecule has 2 aliphatic carbocycles. The van der Waals surface area contributed by atoms with E-state index in [4.69, 9.17) is 0 Å². The standard InChI is InChI=1S/C18H31NOS/c1-4-18(2,3)16-10-9-15(12-19)17(11-16)21(20)13-14-7-5-6-8-14/h14-17H,4-11,13H2,1-3H3. The number of hydrogen-bond acceptors (Lipinski definition) is 2. The minimum Gasteiger partial charge on any atom is -0.259 e. The highest BCUT2D eigenvalue weighted by Crippen LogP contribution is 2.44. The molecule has 3 heteroatoms. The van der Waals surface area contributed by atoms with Crippen molar-refractivity contribution in [3.05, 3.63) is 0 Å². The highest BCUT2D eigenvalue weighted by atomic mass is 32.2. The summed E-state index contributed by atoms with van der Waals surface area (Å²) < 4.78 is 12.8. The van der Waals surface area contributed by atoms with Gasteiger partial charge in [0, 0.05) is 16.6 Å². The van der Waals surface area contributed by atoms with E-state index >= 15 is 0 Å². The van der Waals surface area contributed by atoms with E-state index in [0.29, 0.717) is 17.3 Å². The molecule has 0 heterocycles. The summed E-state index contributed by atoms with van der Waals surface area (Å²) in [6.07, 6.45) is 9.36. The molecule has 0 spiro atoms. The van der Waals surface area contributed by atoms with Crippen molar-refractivity contribution in [2.45, 2.75) is 77.4 Å². The molecule has 0 radical (unpaired) electrons. The predicted octanol–water partition coefficient (Wildman–Crippen LogP) is 4.67. The summed E-state index contributed by atoms with van der Waals surface area (Å²) in [6, 6.07) is 2.46. The Balaban J connectivity index is 2.02. The van der Waals surface area contributed by atoms with Crippen LogP contribution in [0.15, 0.2) is 0 Å². The molecule has 2 aliphatic rings. The molecule has 0 aromatic rings.